The molecule has 0 bridgehead atoms. The number of aliphatic hydroxyl groups excluding tert-OH is 1. The van der Waals surface area contributed by atoms with Crippen LogP contribution in [0.4, 0.5) is 4.79 Å². The van der Waals surface area contributed by atoms with Crippen LogP contribution in [0, 0.1) is 29.6 Å². The predicted molar refractivity (Wildman–Crippen MR) is 87.1 cm³/mol. The molecule has 2 saturated carbocycles. The van der Waals surface area contributed by atoms with Gasteiger partial charge in [0.15, 0.2) is 0 Å². The third-order valence-corrected chi connectivity index (χ3v) is 6.54. The summed E-state index contributed by atoms with van der Waals surface area (Å²) in [6.45, 7) is 4.25. The molecule has 1 amide bonds. The highest BCUT2D eigenvalue weighted by Gasteiger charge is 2.55. The second kappa shape index (κ2) is 6.90. The van der Waals surface area contributed by atoms with Crippen LogP contribution in [0.25, 0.3) is 0 Å². The number of carbonyl (C=O) groups excluding carboxylic acids is 2. The van der Waals surface area contributed by atoms with Crippen LogP contribution in [0.15, 0.2) is 0 Å². The zero-order valence-corrected chi connectivity index (χ0v) is 14.8. The number of amides is 1. The van der Waals surface area contributed by atoms with Gasteiger partial charge < -0.3 is 19.5 Å². The van der Waals surface area contributed by atoms with Crippen molar-refractivity contribution >= 4 is 12.1 Å². The molecule has 24 heavy (non-hydrogen) atoms. The van der Waals surface area contributed by atoms with Gasteiger partial charge in [0.1, 0.15) is 6.10 Å². The molecule has 136 valence electrons. The van der Waals surface area contributed by atoms with Gasteiger partial charge in [-0.05, 0) is 57.3 Å². The van der Waals surface area contributed by atoms with Crippen LogP contribution < -0.4 is 0 Å². The van der Waals surface area contributed by atoms with Gasteiger partial charge in [-0.1, -0.05) is 0 Å². The molecular formula is C18H29NO5. The molecule has 1 saturated heterocycles. The summed E-state index contributed by atoms with van der Waals surface area (Å²) in [5.41, 5.74) is 0. The molecule has 3 fully saturated rings. The summed E-state index contributed by atoms with van der Waals surface area (Å²) in [4.78, 5) is 25.9. The molecule has 2 aliphatic carbocycles. The van der Waals surface area contributed by atoms with E-state index in [4.69, 9.17) is 9.47 Å². The molecule has 0 aromatic rings. The average Bonchev–Trinajstić information content (AvgIpc) is 2.86. The fourth-order valence-corrected chi connectivity index (χ4v) is 5.43. The van der Waals surface area contributed by atoms with Crippen LogP contribution >= 0.6 is 0 Å². The standard InChI is InChI=1S/C18H29NO5/c1-4-23-18(22)19(3)12-5-6-13-11(7-12)8-14-16(15(13)9-20)10(2)24-17(14)21/h10-16,20H,4-9H2,1-3H3/t10-,11+,12-,13-,14-,15+,16-/m0/s1. The number of cyclic esters (lactones) is 1. The molecular weight excluding hydrogens is 310 g/mol. The third-order valence-electron chi connectivity index (χ3n) is 6.54. The maximum absolute atomic E-state index is 12.2. The molecule has 3 aliphatic rings. The number of fused-ring (bicyclic) bond motifs is 2. The normalized spacial score (nSPS) is 41.2. The maximum atomic E-state index is 12.2. The van der Waals surface area contributed by atoms with Gasteiger partial charge >= 0.3 is 12.1 Å². The van der Waals surface area contributed by atoms with E-state index in [2.05, 4.69) is 0 Å². The quantitative estimate of drug-likeness (QED) is 0.797. The van der Waals surface area contributed by atoms with E-state index < -0.39 is 0 Å². The van der Waals surface area contributed by atoms with E-state index in [0.29, 0.717) is 18.4 Å². The Hall–Kier alpha value is -1.30. The molecule has 0 spiro atoms. The Morgan fingerprint density at radius 2 is 2.12 bits per heavy atom. The lowest BCUT2D eigenvalue weighted by Gasteiger charge is -2.49. The number of hydrogen-bond donors (Lipinski definition) is 1. The molecule has 1 N–H and O–H groups in total. The molecule has 6 heteroatoms. The number of esters is 1. The monoisotopic (exact) mass is 339 g/mol. The lowest BCUT2D eigenvalue weighted by molar-refractivity contribution is -0.144. The third kappa shape index (κ3) is 2.89. The lowest BCUT2D eigenvalue weighted by atomic mass is 9.57. The van der Waals surface area contributed by atoms with Crippen molar-refractivity contribution in [2.24, 2.45) is 29.6 Å². The van der Waals surface area contributed by atoms with Crippen LogP contribution in [0.5, 0.6) is 0 Å². The summed E-state index contributed by atoms with van der Waals surface area (Å²) in [6.07, 6.45) is 3.23. The summed E-state index contributed by atoms with van der Waals surface area (Å²) in [5.74, 6) is 0.847. The molecule has 7 atom stereocenters. The van der Waals surface area contributed by atoms with E-state index in [-0.39, 0.29) is 48.6 Å². The topological polar surface area (TPSA) is 76.1 Å². The summed E-state index contributed by atoms with van der Waals surface area (Å²) in [6, 6.07) is 0.149. The molecule has 1 heterocycles. The van der Waals surface area contributed by atoms with Gasteiger partial charge in [0.25, 0.3) is 0 Å². The first-order valence-corrected chi connectivity index (χ1v) is 9.18. The second-order valence-electron chi connectivity index (χ2n) is 7.61. The summed E-state index contributed by atoms with van der Waals surface area (Å²) < 4.78 is 10.6. The SMILES string of the molecule is CCOC(=O)N(C)[C@H]1CC[C@H]2[C@H](C1)C[C@@H]1C(=O)O[C@@H](C)[C@@H]1[C@@H]2CO. The average molecular weight is 339 g/mol. The van der Waals surface area contributed by atoms with Gasteiger partial charge in [0.2, 0.25) is 0 Å². The first kappa shape index (κ1) is 17.5. The van der Waals surface area contributed by atoms with E-state index in [9.17, 15) is 14.7 Å². The van der Waals surface area contributed by atoms with Crippen LogP contribution in [-0.2, 0) is 14.3 Å². The minimum Gasteiger partial charge on any atom is -0.462 e. The fourth-order valence-electron chi connectivity index (χ4n) is 5.43. The van der Waals surface area contributed by atoms with E-state index >= 15 is 0 Å². The minimum absolute atomic E-state index is 0.0925. The Morgan fingerprint density at radius 3 is 2.79 bits per heavy atom. The molecule has 6 nitrogen and oxygen atoms in total. The van der Waals surface area contributed by atoms with Gasteiger partial charge in [0, 0.05) is 25.6 Å². The Bertz CT molecular complexity index is 496. The van der Waals surface area contributed by atoms with Gasteiger partial charge in [-0.2, -0.15) is 0 Å². The first-order chi connectivity index (χ1) is 11.5. The Morgan fingerprint density at radius 1 is 1.38 bits per heavy atom. The van der Waals surface area contributed by atoms with Crippen molar-refractivity contribution < 1.29 is 24.2 Å². The summed E-state index contributed by atoms with van der Waals surface area (Å²) in [7, 11) is 1.80. The van der Waals surface area contributed by atoms with Crippen LogP contribution in [-0.4, -0.2) is 54.5 Å². The Balaban J connectivity index is 1.73. The second-order valence-corrected chi connectivity index (χ2v) is 7.61. The first-order valence-electron chi connectivity index (χ1n) is 9.18. The number of nitrogens with zero attached hydrogens (tertiary/aromatic N) is 1. The number of hydrogen-bond acceptors (Lipinski definition) is 5. The van der Waals surface area contributed by atoms with Crippen molar-refractivity contribution in [3.8, 4) is 0 Å². The summed E-state index contributed by atoms with van der Waals surface area (Å²) >= 11 is 0. The summed E-state index contributed by atoms with van der Waals surface area (Å²) in [5, 5.41) is 9.96. The molecule has 0 radical (unpaired) electrons. The fraction of sp³-hybridized carbons (Fsp3) is 0.889. The van der Waals surface area contributed by atoms with Gasteiger partial charge in [-0.3, -0.25) is 4.79 Å². The highest BCUT2D eigenvalue weighted by Crippen LogP contribution is 2.53. The molecule has 0 aromatic heterocycles. The van der Waals surface area contributed by atoms with Crippen LogP contribution in [0.1, 0.15) is 39.5 Å². The maximum Gasteiger partial charge on any atom is 0.409 e. The molecule has 0 unspecified atom stereocenters. The predicted octanol–water partition coefficient (Wildman–Crippen LogP) is 2.05. The Labute approximate surface area is 143 Å². The molecule has 1 aliphatic heterocycles. The van der Waals surface area contributed by atoms with Crippen molar-refractivity contribution in [1.29, 1.82) is 0 Å². The van der Waals surface area contributed by atoms with E-state index in [0.717, 1.165) is 25.7 Å². The van der Waals surface area contributed by atoms with Gasteiger partial charge in [-0.15, -0.1) is 0 Å². The van der Waals surface area contributed by atoms with Crippen molar-refractivity contribution in [2.45, 2.75) is 51.7 Å². The number of carbonyl (C=O) groups is 2. The number of aliphatic hydroxyl groups is 1. The van der Waals surface area contributed by atoms with Crippen LogP contribution in [0.3, 0.4) is 0 Å². The van der Waals surface area contributed by atoms with Gasteiger partial charge in [0.05, 0.1) is 12.5 Å². The van der Waals surface area contributed by atoms with Crippen molar-refractivity contribution in [2.75, 3.05) is 20.3 Å². The highest BCUT2D eigenvalue weighted by atomic mass is 16.6. The zero-order chi connectivity index (χ0) is 17.4. The van der Waals surface area contributed by atoms with Crippen LogP contribution in [0.2, 0.25) is 0 Å². The molecule has 0 aromatic carbocycles. The van der Waals surface area contributed by atoms with E-state index in [1.807, 2.05) is 13.8 Å². The van der Waals surface area contributed by atoms with E-state index in [1.54, 1.807) is 11.9 Å². The molecule has 3 rings (SSSR count). The highest BCUT2D eigenvalue weighted by molar-refractivity contribution is 5.75. The lowest BCUT2D eigenvalue weighted by Crippen LogP contribution is -2.50. The minimum atomic E-state index is -0.276. The number of rotatable bonds is 3. The smallest absolute Gasteiger partial charge is 0.409 e. The Kier molecular flexibility index (Phi) is 5.04. The largest absolute Gasteiger partial charge is 0.462 e. The van der Waals surface area contributed by atoms with Crippen molar-refractivity contribution in [1.82, 2.24) is 4.90 Å². The van der Waals surface area contributed by atoms with Gasteiger partial charge in [-0.25, -0.2) is 4.79 Å². The zero-order valence-electron chi connectivity index (χ0n) is 14.8. The van der Waals surface area contributed by atoms with E-state index in [1.165, 1.54) is 0 Å². The van der Waals surface area contributed by atoms with Crippen molar-refractivity contribution in [3.63, 3.8) is 0 Å². The van der Waals surface area contributed by atoms with Crippen molar-refractivity contribution in [3.05, 3.63) is 0 Å². The number of ether oxygens (including phenoxy) is 2.